The van der Waals surface area contributed by atoms with E-state index in [4.69, 9.17) is 21.4 Å². The first-order valence-electron chi connectivity index (χ1n) is 5.76. The molecule has 1 heterocycles. The molecule has 2 aromatic rings. The Balaban J connectivity index is 2.10. The standard InChI is InChI=1S/C12H11ClN4O4/c1-21-10-4-7(2-3-8(10)13)14-12(20)9-5-17(16-15-9)6-11(18)19/h2-5H,6H2,1H3,(H,14,20)(H,18,19). The Bertz CT molecular complexity index is 686. The summed E-state index contributed by atoms with van der Waals surface area (Å²) in [6.07, 6.45) is 1.25. The SMILES string of the molecule is COc1cc(NC(=O)c2cn(CC(=O)O)nn2)ccc1Cl. The first-order chi connectivity index (χ1) is 9.99. The molecule has 0 unspecified atom stereocenters. The van der Waals surface area contributed by atoms with Gasteiger partial charge in [-0.25, -0.2) is 4.68 Å². The van der Waals surface area contributed by atoms with Gasteiger partial charge in [-0.1, -0.05) is 16.8 Å². The second kappa shape index (κ2) is 6.23. The minimum atomic E-state index is -1.07. The van der Waals surface area contributed by atoms with Gasteiger partial charge in [-0.3, -0.25) is 9.59 Å². The lowest BCUT2D eigenvalue weighted by Crippen LogP contribution is -2.12. The van der Waals surface area contributed by atoms with E-state index < -0.39 is 11.9 Å². The molecule has 2 rings (SSSR count). The highest BCUT2D eigenvalue weighted by Crippen LogP contribution is 2.27. The molecule has 0 bridgehead atoms. The lowest BCUT2D eigenvalue weighted by Gasteiger charge is -2.07. The van der Waals surface area contributed by atoms with Crippen molar-refractivity contribution in [2.24, 2.45) is 0 Å². The van der Waals surface area contributed by atoms with Crippen LogP contribution in [0, 0.1) is 0 Å². The van der Waals surface area contributed by atoms with Crippen LogP contribution in [0.4, 0.5) is 5.69 Å². The molecule has 0 saturated carbocycles. The molecule has 21 heavy (non-hydrogen) atoms. The lowest BCUT2D eigenvalue weighted by molar-refractivity contribution is -0.137. The fourth-order valence-corrected chi connectivity index (χ4v) is 1.75. The summed E-state index contributed by atoms with van der Waals surface area (Å²) in [6, 6.07) is 4.74. The summed E-state index contributed by atoms with van der Waals surface area (Å²) >= 11 is 5.88. The molecule has 0 atom stereocenters. The maximum atomic E-state index is 11.9. The second-order valence-electron chi connectivity index (χ2n) is 4.00. The molecule has 0 aliphatic carbocycles. The first kappa shape index (κ1) is 14.8. The molecule has 8 nitrogen and oxygen atoms in total. The number of nitrogens with one attached hydrogen (secondary N) is 1. The van der Waals surface area contributed by atoms with Crippen LogP contribution in [0.25, 0.3) is 0 Å². The number of aromatic nitrogens is 3. The molecule has 0 saturated heterocycles. The summed E-state index contributed by atoms with van der Waals surface area (Å²) in [6.45, 7) is -0.366. The molecule has 9 heteroatoms. The van der Waals surface area contributed by atoms with E-state index in [-0.39, 0.29) is 12.2 Å². The molecule has 0 fully saturated rings. The van der Waals surface area contributed by atoms with Gasteiger partial charge in [0.25, 0.3) is 5.91 Å². The number of halogens is 1. The van der Waals surface area contributed by atoms with Crippen molar-refractivity contribution in [1.29, 1.82) is 0 Å². The Kier molecular flexibility index (Phi) is 4.39. The summed E-state index contributed by atoms with van der Waals surface area (Å²) in [5.41, 5.74) is 0.471. The number of carboxylic acid groups (broad SMARTS) is 1. The highest BCUT2D eigenvalue weighted by molar-refractivity contribution is 6.32. The Hall–Kier alpha value is -2.61. The number of carboxylic acids is 1. The van der Waals surface area contributed by atoms with Crippen LogP contribution >= 0.6 is 11.6 Å². The van der Waals surface area contributed by atoms with Crippen molar-refractivity contribution in [1.82, 2.24) is 15.0 Å². The minimum absolute atomic E-state index is 0.00478. The molecule has 1 amide bonds. The number of ether oxygens (including phenoxy) is 1. The summed E-state index contributed by atoms with van der Waals surface area (Å²) in [5.74, 6) is -1.17. The van der Waals surface area contributed by atoms with Gasteiger partial charge in [0.2, 0.25) is 0 Å². The van der Waals surface area contributed by atoms with E-state index in [0.717, 1.165) is 4.68 Å². The molecule has 0 radical (unpaired) electrons. The summed E-state index contributed by atoms with van der Waals surface area (Å²) in [5, 5.41) is 18.8. The molecular weight excluding hydrogens is 300 g/mol. The molecule has 2 N–H and O–H groups in total. The highest BCUT2D eigenvalue weighted by atomic mass is 35.5. The molecule has 0 aliphatic rings. The van der Waals surface area contributed by atoms with Crippen LogP contribution in [-0.4, -0.2) is 39.1 Å². The normalized spacial score (nSPS) is 10.2. The predicted molar refractivity (Wildman–Crippen MR) is 73.6 cm³/mol. The van der Waals surface area contributed by atoms with Gasteiger partial charge in [0, 0.05) is 11.8 Å². The van der Waals surface area contributed by atoms with Crippen molar-refractivity contribution in [3.05, 3.63) is 35.1 Å². The predicted octanol–water partition coefficient (Wildman–Crippen LogP) is 1.28. The zero-order valence-electron chi connectivity index (χ0n) is 10.9. The summed E-state index contributed by atoms with van der Waals surface area (Å²) in [7, 11) is 1.46. The van der Waals surface area contributed by atoms with E-state index in [9.17, 15) is 9.59 Å². The molecule has 1 aromatic heterocycles. The Labute approximate surface area is 124 Å². The number of carbonyl (C=O) groups is 2. The van der Waals surface area contributed by atoms with Gasteiger partial charge >= 0.3 is 5.97 Å². The van der Waals surface area contributed by atoms with Crippen molar-refractivity contribution in [2.45, 2.75) is 6.54 Å². The molecule has 110 valence electrons. The number of hydrogen-bond donors (Lipinski definition) is 2. The van der Waals surface area contributed by atoms with Crippen molar-refractivity contribution < 1.29 is 19.4 Å². The monoisotopic (exact) mass is 310 g/mol. The van der Waals surface area contributed by atoms with Gasteiger partial charge in [-0.15, -0.1) is 5.10 Å². The van der Waals surface area contributed by atoms with E-state index in [1.54, 1.807) is 18.2 Å². The quantitative estimate of drug-likeness (QED) is 0.861. The summed E-state index contributed by atoms with van der Waals surface area (Å²) < 4.78 is 6.10. The lowest BCUT2D eigenvalue weighted by atomic mass is 10.3. The third kappa shape index (κ3) is 3.69. The van der Waals surface area contributed by atoms with Gasteiger partial charge in [-0.05, 0) is 12.1 Å². The smallest absolute Gasteiger partial charge is 0.325 e. The van der Waals surface area contributed by atoms with Gasteiger partial charge in [0.15, 0.2) is 5.69 Å². The van der Waals surface area contributed by atoms with E-state index in [2.05, 4.69) is 15.6 Å². The van der Waals surface area contributed by atoms with Crippen LogP contribution in [0.2, 0.25) is 5.02 Å². The summed E-state index contributed by atoms with van der Waals surface area (Å²) in [4.78, 5) is 22.5. The van der Waals surface area contributed by atoms with E-state index in [0.29, 0.717) is 16.5 Å². The third-order valence-corrected chi connectivity index (χ3v) is 2.79. The van der Waals surface area contributed by atoms with Crippen molar-refractivity contribution >= 4 is 29.2 Å². The van der Waals surface area contributed by atoms with Gasteiger partial charge in [0.05, 0.1) is 18.3 Å². The zero-order chi connectivity index (χ0) is 15.4. The van der Waals surface area contributed by atoms with Crippen LogP contribution in [-0.2, 0) is 11.3 Å². The topological polar surface area (TPSA) is 106 Å². The van der Waals surface area contributed by atoms with Crippen LogP contribution in [0.1, 0.15) is 10.5 Å². The largest absolute Gasteiger partial charge is 0.495 e. The fraction of sp³-hybridized carbons (Fsp3) is 0.167. The number of hydrogen-bond acceptors (Lipinski definition) is 5. The van der Waals surface area contributed by atoms with Crippen LogP contribution < -0.4 is 10.1 Å². The number of rotatable bonds is 5. The third-order valence-electron chi connectivity index (χ3n) is 2.48. The average Bonchev–Trinajstić information content (AvgIpc) is 2.88. The van der Waals surface area contributed by atoms with E-state index >= 15 is 0 Å². The van der Waals surface area contributed by atoms with Crippen LogP contribution in [0.5, 0.6) is 5.75 Å². The maximum Gasteiger partial charge on any atom is 0.325 e. The number of anilines is 1. The number of methoxy groups -OCH3 is 1. The Morgan fingerprint density at radius 2 is 2.24 bits per heavy atom. The van der Waals surface area contributed by atoms with Gasteiger partial charge < -0.3 is 15.2 Å². The van der Waals surface area contributed by atoms with E-state index in [1.165, 1.54) is 13.3 Å². The van der Waals surface area contributed by atoms with Crippen molar-refractivity contribution in [3.63, 3.8) is 0 Å². The number of nitrogens with zero attached hydrogens (tertiary/aromatic N) is 3. The van der Waals surface area contributed by atoms with Gasteiger partial charge in [0.1, 0.15) is 12.3 Å². The Morgan fingerprint density at radius 3 is 2.90 bits per heavy atom. The van der Waals surface area contributed by atoms with Crippen molar-refractivity contribution in [2.75, 3.05) is 12.4 Å². The number of benzene rings is 1. The second-order valence-corrected chi connectivity index (χ2v) is 4.41. The first-order valence-corrected chi connectivity index (χ1v) is 6.14. The van der Waals surface area contributed by atoms with Crippen LogP contribution in [0.3, 0.4) is 0 Å². The molecule has 0 aliphatic heterocycles. The number of aliphatic carboxylic acids is 1. The van der Waals surface area contributed by atoms with Gasteiger partial charge in [-0.2, -0.15) is 0 Å². The van der Waals surface area contributed by atoms with E-state index in [1.807, 2.05) is 0 Å². The fourth-order valence-electron chi connectivity index (χ4n) is 1.55. The highest BCUT2D eigenvalue weighted by Gasteiger charge is 2.13. The van der Waals surface area contributed by atoms with Crippen molar-refractivity contribution in [3.8, 4) is 5.75 Å². The molecular formula is C12H11ClN4O4. The molecule has 0 spiro atoms. The number of amides is 1. The molecule has 1 aromatic carbocycles. The zero-order valence-corrected chi connectivity index (χ0v) is 11.7. The number of carbonyl (C=O) groups excluding carboxylic acids is 1. The average molecular weight is 311 g/mol. The Morgan fingerprint density at radius 1 is 1.48 bits per heavy atom. The minimum Gasteiger partial charge on any atom is -0.495 e. The maximum absolute atomic E-state index is 11.9. The van der Waals surface area contributed by atoms with Crippen LogP contribution in [0.15, 0.2) is 24.4 Å².